The number of aliphatic carboxylic acids is 1. The molecule has 0 aliphatic carbocycles. The van der Waals surface area contributed by atoms with Gasteiger partial charge in [-0.2, -0.15) is 0 Å². The molecule has 0 heterocycles. The highest BCUT2D eigenvalue weighted by Gasteiger charge is 2.29. The number of hydrogen-bond donors (Lipinski definition) is 9. The first kappa shape index (κ1) is 38.5. The minimum Gasteiger partial charge on any atom is -0.480 e. The summed E-state index contributed by atoms with van der Waals surface area (Å²) in [6.07, 6.45) is -0.637. The first-order valence-corrected chi connectivity index (χ1v) is 14.5. The average molecular weight is 636 g/mol. The monoisotopic (exact) mass is 635 g/mol. The molecule has 0 aliphatic heterocycles. The third-order valence-corrected chi connectivity index (χ3v) is 6.86. The predicted octanol–water partition coefficient (Wildman–Crippen LogP) is -2.72. The van der Waals surface area contributed by atoms with Gasteiger partial charge < -0.3 is 47.8 Å². The van der Waals surface area contributed by atoms with Gasteiger partial charge in [-0.1, -0.05) is 50.6 Å². The Bertz CT molecular complexity index is 1200. The number of aliphatic hydroxyl groups is 1. The number of nitrogens with one attached hydrogen (secondary N) is 6. The standard InChI is InChI=1S/C29H45N7O9/c1-6-15(2)23(28(43)32-14-22(39)36-24(18(5)37)29(44)45)35-21(38)13-31-25(40)16(3)33-26(41)17(4)34-27(42)20(30)12-19-10-8-7-9-11-19/h7-11,15-18,20,23-24,37H,6,12-14,30H2,1-5H3,(H,31,40)(H,32,43)(H,33,41)(H,34,42)(H,35,38)(H,36,39)(H,44,45)/t15-,16-,17-,18+,20-,23-,24-/m0/s1. The molecule has 1 rings (SSSR count). The molecule has 0 radical (unpaired) electrons. The quantitative estimate of drug-likeness (QED) is 0.0805. The lowest BCUT2D eigenvalue weighted by Gasteiger charge is -2.24. The highest BCUT2D eigenvalue weighted by molar-refractivity contribution is 5.95. The van der Waals surface area contributed by atoms with Crippen LogP contribution in [-0.2, 0) is 40.0 Å². The molecule has 0 unspecified atom stereocenters. The van der Waals surface area contributed by atoms with E-state index in [-0.39, 0.29) is 12.3 Å². The lowest BCUT2D eigenvalue weighted by molar-refractivity contribution is -0.144. The summed E-state index contributed by atoms with van der Waals surface area (Å²) in [5.74, 6) is -6.03. The second-order valence-corrected chi connectivity index (χ2v) is 10.7. The van der Waals surface area contributed by atoms with Crippen LogP contribution in [0.25, 0.3) is 0 Å². The van der Waals surface area contributed by atoms with Gasteiger partial charge in [-0.05, 0) is 38.7 Å². The van der Waals surface area contributed by atoms with Crippen LogP contribution in [-0.4, -0.2) is 101 Å². The molecule has 250 valence electrons. The average Bonchev–Trinajstić information content (AvgIpc) is 2.99. The summed E-state index contributed by atoms with van der Waals surface area (Å²) < 4.78 is 0. The summed E-state index contributed by atoms with van der Waals surface area (Å²) in [5, 5.41) is 32.8. The molecule has 0 saturated heterocycles. The SMILES string of the molecule is CC[C@H](C)[C@H](NC(=O)CNC(=O)[C@H](C)NC(=O)[C@H](C)NC(=O)[C@@H](N)Cc1ccccc1)C(=O)NCC(=O)N[C@H](C(=O)O)[C@@H](C)O. The van der Waals surface area contributed by atoms with Crippen LogP contribution in [0.1, 0.15) is 46.6 Å². The van der Waals surface area contributed by atoms with E-state index in [0.29, 0.717) is 6.42 Å². The molecular weight excluding hydrogens is 590 g/mol. The molecule has 7 atom stereocenters. The van der Waals surface area contributed by atoms with Gasteiger partial charge in [-0.25, -0.2) is 4.79 Å². The van der Waals surface area contributed by atoms with Crippen molar-refractivity contribution in [3.05, 3.63) is 35.9 Å². The number of hydrogen-bond acceptors (Lipinski definition) is 9. The van der Waals surface area contributed by atoms with Crippen molar-refractivity contribution in [2.45, 2.75) is 83.8 Å². The van der Waals surface area contributed by atoms with Crippen molar-refractivity contribution >= 4 is 41.4 Å². The highest BCUT2D eigenvalue weighted by Crippen LogP contribution is 2.08. The van der Waals surface area contributed by atoms with Crippen molar-refractivity contribution in [1.82, 2.24) is 31.9 Å². The van der Waals surface area contributed by atoms with Crippen LogP contribution in [0.2, 0.25) is 0 Å². The number of aliphatic hydroxyl groups excluding tert-OH is 1. The minimum atomic E-state index is -1.57. The Morgan fingerprint density at radius 1 is 0.711 bits per heavy atom. The van der Waals surface area contributed by atoms with Crippen molar-refractivity contribution < 1.29 is 43.8 Å². The van der Waals surface area contributed by atoms with Gasteiger partial charge in [0, 0.05) is 0 Å². The molecule has 16 nitrogen and oxygen atoms in total. The van der Waals surface area contributed by atoms with E-state index in [9.17, 15) is 38.7 Å². The number of carboxylic acids is 1. The van der Waals surface area contributed by atoms with E-state index in [1.54, 1.807) is 13.8 Å². The number of carbonyl (C=O) groups is 7. The number of nitrogens with two attached hydrogens (primary N) is 1. The molecular formula is C29H45N7O9. The maximum Gasteiger partial charge on any atom is 0.328 e. The van der Waals surface area contributed by atoms with Crippen LogP contribution in [0.15, 0.2) is 30.3 Å². The van der Waals surface area contributed by atoms with Gasteiger partial charge >= 0.3 is 5.97 Å². The van der Waals surface area contributed by atoms with Crippen molar-refractivity contribution in [3.63, 3.8) is 0 Å². The van der Waals surface area contributed by atoms with E-state index in [1.165, 1.54) is 20.8 Å². The normalized spacial score (nSPS) is 15.4. The number of rotatable bonds is 18. The maximum absolute atomic E-state index is 12.7. The first-order chi connectivity index (χ1) is 21.1. The predicted molar refractivity (Wildman–Crippen MR) is 162 cm³/mol. The lowest BCUT2D eigenvalue weighted by atomic mass is 9.98. The van der Waals surface area contributed by atoms with Gasteiger partial charge in [0.1, 0.15) is 18.1 Å². The van der Waals surface area contributed by atoms with Gasteiger partial charge in [0.25, 0.3) is 0 Å². The lowest BCUT2D eigenvalue weighted by Crippen LogP contribution is -2.56. The van der Waals surface area contributed by atoms with Gasteiger partial charge in [-0.15, -0.1) is 0 Å². The Morgan fingerprint density at radius 2 is 1.20 bits per heavy atom. The van der Waals surface area contributed by atoms with Crippen LogP contribution in [0.4, 0.5) is 0 Å². The minimum absolute atomic E-state index is 0.272. The number of benzene rings is 1. The zero-order valence-corrected chi connectivity index (χ0v) is 26.1. The zero-order valence-electron chi connectivity index (χ0n) is 26.1. The molecule has 0 saturated carbocycles. The van der Waals surface area contributed by atoms with Crippen LogP contribution >= 0.6 is 0 Å². The van der Waals surface area contributed by atoms with Gasteiger partial charge in [-0.3, -0.25) is 28.8 Å². The fraction of sp³-hybridized carbons (Fsp3) is 0.552. The molecule has 0 aromatic heterocycles. The third kappa shape index (κ3) is 13.7. The van der Waals surface area contributed by atoms with E-state index in [4.69, 9.17) is 10.8 Å². The summed E-state index contributed by atoms with van der Waals surface area (Å²) in [6.45, 7) is 6.32. The van der Waals surface area contributed by atoms with Gasteiger partial charge in [0.2, 0.25) is 35.4 Å². The molecule has 45 heavy (non-hydrogen) atoms. The molecule has 0 bridgehead atoms. The third-order valence-electron chi connectivity index (χ3n) is 6.86. The van der Waals surface area contributed by atoms with E-state index < -0.39 is 90.8 Å². The van der Waals surface area contributed by atoms with Crippen LogP contribution in [0.5, 0.6) is 0 Å². The summed E-state index contributed by atoms with van der Waals surface area (Å²) in [6, 6.07) is 3.49. The molecule has 6 amide bonds. The van der Waals surface area contributed by atoms with Crippen LogP contribution < -0.4 is 37.6 Å². The van der Waals surface area contributed by atoms with E-state index in [1.807, 2.05) is 30.3 Å². The molecule has 0 spiro atoms. The van der Waals surface area contributed by atoms with Gasteiger partial charge in [0.15, 0.2) is 6.04 Å². The summed E-state index contributed by atoms with van der Waals surface area (Å²) in [4.78, 5) is 86.0. The fourth-order valence-electron chi connectivity index (χ4n) is 3.89. The Kier molecular flexibility index (Phi) is 16.2. The van der Waals surface area contributed by atoms with E-state index >= 15 is 0 Å². The van der Waals surface area contributed by atoms with E-state index in [2.05, 4.69) is 31.9 Å². The number of carbonyl (C=O) groups excluding carboxylic acids is 6. The van der Waals surface area contributed by atoms with Crippen LogP contribution in [0.3, 0.4) is 0 Å². The Morgan fingerprint density at radius 3 is 1.71 bits per heavy atom. The second kappa shape index (κ2) is 19.0. The van der Waals surface area contributed by atoms with Crippen molar-refractivity contribution in [2.24, 2.45) is 11.7 Å². The van der Waals surface area contributed by atoms with Crippen LogP contribution in [0, 0.1) is 5.92 Å². The Balaban J connectivity index is 2.57. The Hall–Kier alpha value is -4.57. The van der Waals surface area contributed by atoms with Crippen molar-refractivity contribution in [2.75, 3.05) is 13.1 Å². The summed E-state index contributed by atoms with van der Waals surface area (Å²) in [5.41, 5.74) is 6.80. The summed E-state index contributed by atoms with van der Waals surface area (Å²) in [7, 11) is 0. The first-order valence-electron chi connectivity index (χ1n) is 14.5. The maximum atomic E-state index is 12.7. The van der Waals surface area contributed by atoms with Gasteiger partial charge in [0.05, 0.1) is 25.2 Å². The van der Waals surface area contributed by atoms with Crippen molar-refractivity contribution in [1.29, 1.82) is 0 Å². The summed E-state index contributed by atoms with van der Waals surface area (Å²) >= 11 is 0. The number of carboxylic acid groups (broad SMARTS) is 1. The fourth-order valence-corrected chi connectivity index (χ4v) is 3.89. The smallest absolute Gasteiger partial charge is 0.328 e. The Labute approximate surface area is 261 Å². The molecule has 0 aliphatic rings. The molecule has 10 N–H and O–H groups in total. The highest BCUT2D eigenvalue weighted by atomic mass is 16.4. The molecule has 16 heteroatoms. The largest absolute Gasteiger partial charge is 0.480 e. The topological polar surface area (TPSA) is 258 Å². The molecule has 0 fully saturated rings. The molecule has 1 aromatic carbocycles. The van der Waals surface area contributed by atoms with Crippen molar-refractivity contribution in [3.8, 4) is 0 Å². The second-order valence-electron chi connectivity index (χ2n) is 10.7. The van der Waals surface area contributed by atoms with E-state index in [0.717, 1.165) is 5.56 Å². The number of amides is 6. The molecule has 1 aromatic rings. The zero-order chi connectivity index (χ0) is 34.3.